The highest BCUT2D eigenvalue weighted by molar-refractivity contribution is 5.99. The van der Waals surface area contributed by atoms with Gasteiger partial charge in [0.25, 0.3) is 0 Å². The van der Waals surface area contributed by atoms with E-state index in [0.717, 1.165) is 5.56 Å². The maximum atomic E-state index is 11.2. The third-order valence-electron chi connectivity index (χ3n) is 3.27. The molecule has 0 saturated heterocycles. The van der Waals surface area contributed by atoms with Crippen LogP contribution in [0.3, 0.4) is 0 Å². The fraction of sp³-hybridized carbons (Fsp3) is 0.214. The van der Waals surface area contributed by atoms with Gasteiger partial charge in [-0.3, -0.25) is 0 Å². The first kappa shape index (κ1) is 12.4. The number of benzene rings is 1. The first-order valence-electron chi connectivity index (χ1n) is 6.19. The molecule has 0 bridgehead atoms. The summed E-state index contributed by atoms with van der Waals surface area (Å²) in [5.74, 6) is 0.276. The van der Waals surface area contributed by atoms with Gasteiger partial charge >= 0.3 is 5.97 Å². The highest BCUT2D eigenvalue weighted by Gasteiger charge is 2.20. The normalized spacial score (nSPS) is 13.2. The van der Waals surface area contributed by atoms with Gasteiger partial charge in [0.05, 0.1) is 11.4 Å². The molecular weight excluding hydrogens is 260 g/mol. The van der Waals surface area contributed by atoms with Crippen LogP contribution in [-0.4, -0.2) is 29.3 Å². The molecule has 0 atom stereocenters. The van der Waals surface area contributed by atoms with E-state index in [0.29, 0.717) is 36.1 Å². The van der Waals surface area contributed by atoms with Crippen LogP contribution < -0.4 is 15.2 Å². The molecule has 0 spiro atoms. The average molecular weight is 274 g/mol. The second-order valence-corrected chi connectivity index (χ2v) is 4.58. The van der Waals surface area contributed by atoms with E-state index in [1.54, 1.807) is 19.1 Å². The summed E-state index contributed by atoms with van der Waals surface area (Å²) >= 11 is 0. The highest BCUT2D eigenvalue weighted by Crippen LogP contribution is 2.37. The number of nitrogen functional groups attached to an aromatic ring is 1. The van der Waals surface area contributed by atoms with Crippen LogP contribution in [0.15, 0.2) is 18.2 Å². The molecule has 0 aliphatic carbocycles. The highest BCUT2D eigenvalue weighted by atomic mass is 16.6. The minimum Gasteiger partial charge on any atom is -0.486 e. The van der Waals surface area contributed by atoms with Crippen LogP contribution in [0.1, 0.15) is 16.1 Å². The summed E-state index contributed by atoms with van der Waals surface area (Å²) in [7, 11) is 0. The lowest BCUT2D eigenvalue weighted by atomic mass is 10.1. The summed E-state index contributed by atoms with van der Waals surface area (Å²) in [5.41, 5.74) is 8.14. The predicted octanol–water partition coefficient (Wildman–Crippen LogP) is 2.04. The van der Waals surface area contributed by atoms with Crippen molar-refractivity contribution in [3.05, 3.63) is 29.5 Å². The van der Waals surface area contributed by atoms with Gasteiger partial charge in [0, 0.05) is 11.3 Å². The fourth-order valence-corrected chi connectivity index (χ4v) is 2.35. The van der Waals surface area contributed by atoms with Gasteiger partial charge in [-0.2, -0.15) is 0 Å². The SMILES string of the molecule is Cc1[nH]c(-c2ccc3c(c2)OCCO3)c(N)c1C(=O)O. The van der Waals surface area contributed by atoms with Crippen LogP contribution in [-0.2, 0) is 0 Å². The van der Waals surface area contributed by atoms with Gasteiger partial charge in [-0.1, -0.05) is 0 Å². The molecule has 6 heteroatoms. The van der Waals surface area contributed by atoms with Gasteiger partial charge in [0.1, 0.15) is 18.8 Å². The van der Waals surface area contributed by atoms with Gasteiger partial charge in [0.15, 0.2) is 11.5 Å². The van der Waals surface area contributed by atoms with Crippen LogP contribution in [0, 0.1) is 6.92 Å². The standard InChI is InChI=1S/C14H14N2O4/c1-7-11(14(17)18)12(15)13(16-7)8-2-3-9-10(6-8)20-5-4-19-9/h2-3,6,16H,4-5,15H2,1H3,(H,17,18). The number of fused-ring (bicyclic) bond motifs is 1. The molecule has 1 aliphatic rings. The quantitative estimate of drug-likeness (QED) is 0.778. The number of anilines is 1. The maximum absolute atomic E-state index is 11.2. The van der Waals surface area contributed by atoms with Crippen molar-refractivity contribution in [2.75, 3.05) is 18.9 Å². The summed E-state index contributed by atoms with van der Waals surface area (Å²) in [6, 6.07) is 5.41. The van der Waals surface area contributed by atoms with Gasteiger partial charge in [-0.05, 0) is 25.1 Å². The Morgan fingerprint density at radius 1 is 1.30 bits per heavy atom. The zero-order chi connectivity index (χ0) is 14.3. The molecule has 1 aromatic heterocycles. The number of H-pyrrole nitrogens is 1. The molecule has 4 N–H and O–H groups in total. The van der Waals surface area contributed by atoms with Gasteiger partial charge in [-0.15, -0.1) is 0 Å². The number of aromatic nitrogens is 1. The van der Waals surface area contributed by atoms with E-state index in [1.807, 2.05) is 6.07 Å². The number of aryl methyl sites for hydroxylation is 1. The van der Waals surface area contributed by atoms with Crippen molar-refractivity contribution in [3.63, 3.8) is 0 Å². The summed E-state index contributed by atoms with van der Waals surface area (Å²) in [6.45, 7) is 2.71. The number of carboxylic acids is 1. The Labute approximate surface area is 115 Å². The van der Waals surface area contributed by atoms with Gasteiger partial charge < -0.3 is 25.3 Å². The maximum Gasteiger partial charge on any atom is 0.339 e. The third kappa shape index (κ3) is 1.85. The molecule has 6 nitrogen and oxygen atoms in total. The lowest BCUT2D eigenvalue weighted by molar-refractivity contribution is 0.0697. The number of ether oxygens (including phenoxy) is 2. The monoisotopic (exact) mass is 274 g/mol. The summed E-state index contributed by atoms with van der Waals surface area (Å²) < 4.78 is 11.0. The van der Waals surface area contributed by atoms with Crippen LogP contribution in [0.25, 0.3) is 11.3 Å². The Bertz CT molecular complexity index is 691. The van der Waals surface area contributed by atoms with Crippen molar-refractivity contribution < 1.29 is 19.4 Å². The molecule has 1 aliphatic heterocycles. The molecule has 0 radical (unpaired) electrons. The number of aromatic carboxylic acids is 1. The molecule has 0 fully saturated rings. The Kier molecular flexibility index (Phi) is 2.78. The van der Waals surface area contributed by atoms with E-state index in [1.165, 1.54) is 0 Å². The number of rotatable bonds is 2. The van der Waals surface area contributed by atoms with E-state index in [2.05, 4.69) is 4.98 Å². The van der Waals surface area contributed by atoms with Gasteiger partial charge in [-0.25, -0.2) is 4.79 Å². The molecule has 2 aromatic rings. The molecular formula is C14H14N2O4. The van der Waals surface area contributed by atoms with E-state index < -0.39 is 5.97 Å². The Balaban J connectivity index is 2.10. The van der Waals surface area contributed by atoms with Crippen LogP contribution >= 0.6 is 0 Å². The largest absolute Gasteiger partial charge is 0.486 e. The minimum absolute atomic E-state index is 0.106. The van der Waals surface area contributed by atoms with Crippen molar-refractivity contribution in [3.8, 4) is 22.8 Å². The van der Waals surface area contributed by atoms with Crippen LogP contribution in [0.5, 0.6) is 11.5 Å². The summed E-state index contributed by atoms with van der Waals surface area (Å²) in [5, 5.41) is 9.15. The van der Waals surface area contributed by atoms with Crippen molar-refractivity contribution in [2.24, 2.45) is 0 Å². The predicted molar refractivity (Wildman–Crippen MR) is 73.3 cm³/mol. The van der Waals surface area contributed by atoms with Crippen LogP contribution in [0.2, 0.25) is 0 Å². The van der Waals surface area contributed by atoms with E-state index in [-0.39, 0.29) is 11.3 Å². The number of carbonyl (C=O) groups is 1. The molecule has 1 aromatic carbocycles. The first-order chi connectivity index (χ1) is 9.58. The zero-order valence-electron chi connectivity index (χ0n) is 10.9. The third-order valence-corrected chi connectivity index (χ3v) is 3.27. The summed E-state index contributed by atoms with van der Waals surface area (Å²) in [4.78, 5) is 14.2. The van der Waals surface area contributed by atoms with Crippen molar-refractivity contribution >= 4 is 11.7 Å². The second-order valence-electron chi connectivity index (χ2n) is 4.58. The lowest BCUT2D eigenvalue weighted by Gasteiger charge is -2.18. The molecule has 20 heavy (non-hydrogen) atoms. The van der Waals surface area contributed by atoms with E-state index in [9.17, 15) is 4.79 Å². The number of carboxylic acid groups (broad SMARTS) is 1. The smallest absolute Gasteiger partial charge is 0.339 e. The number of nitrogens with two attached hydrogens (primary N) is 1. The fourth-order valence-electron chi connectivity index (χ4n) is 2.35. The zero-order valence-corrected chi connectivity index (χ0v) is 10.9. The second kappa shape index (κ2) is 4.48. The molecule has 0 saturated carbocycles. The Morgan fingerprint density at radius 3 is 2.65 bits per heavy atom. The molecule has 2 heterocycles. The topological polar surface area (TPSA) is 97.6 Å². The molecule has 0 unspecified atom stereocenters. The van der Waals surface area contributed by atoms with Crippen molar-refractivity contribution in [2.45, 2.75) is 6.92 Å². The summed E-state index contributed by atoms with van der Waals surface area (Å²) in [6.07, 6.45) is 0. The average Bonchev–Trinajstić information content (AvgIpc) is 2.73. The number of hydrogen-bond acceptors (Lipinski definition) is 4. The number of aromatic amines is 1. The first-order valence-corrected chi connectivity index (χ1v) is 6.19. The minimum atomic E-state index is -1.04. The van der Waals surface area contributed by atoms with E-state index in [4.69, 9.17) is 20.3 Å². The number of nitrogens with one attached hydrogen (secondary N) is 1. The molecule has 104 valence electrons. The Morgan fingerprint density at radius 2 is 2.00 bits per heavy atom. The molecule has 0 amide bonds. The van der Waals surface area contributed by atoms with Crippen molar-refractivity contribution in [1.82, 2.24) is 4.98 Å². The van der Waals surface area contributed by atoms with E-state index >= 15 is 0 Å². The molecule has 3 rings (SSSR count). The lowest BCUT2D eigenvalue weighted by Crippen LogP contribution is -2.15. The Hall–Kier alpha value is -2.63. The number of hydrogen-bond donors (Lipinski definition) is 3. The van der Waals surface area contributed by atoms with Crippen LogP contribution in [0.4, 0.5) is 5.69 Å². The van der Waals surface area contributed by atoms with Gasteiger partial charge in [0.2, 0.25) is 0 Å². The van der Waals surface area contributed by atoms with Crippen molar-refractivity contribution in [1.29, 1.82) is 0 Å².